The molecular formula is C23H29N3O3. The number of aryl methyl sites for hydroxylation is 2. The minimum absolute atomic E-state index is 0.0133. The van der Waals surface area contributed by atoms with Gasteiger partial charge in [0.1, 0.15) is 18.5 Å². The van der Waals surface area contributed by atoms with Crippen molar-refractivity contribution in [3.05, 3.63) is 58.1 Å². The first-order valence-electron chi connectivity index (χ1n) is 10.2. The molecule has 0 bridgehead atoms. The Bertz CT molecular complexity index is 868. The van der Waals surface area contributed by atoms with Crippen LogP contribution in [0.25, 0.3) is 0 Å². The second-order valence-electron chi connectivity index (χ2n) is 7.69. The summed E-state index contributed by atoms with van der Waals surface area (Å²) in [5.74, 6) is 0.843. The highest BCUT2D eigenvalue weighted by Crippen LogP contribution is 2.32. The van der Waals surface area contributed by atoms with Gasteiger partial charge in [-0.3, -0.25) is 9.89 Å². The zero-order chi connectivity index (χ0) is 20.2. The molecule has 0 radical (unpaired) electrons. The number of aliphatic imine (C=N–C) groups is 1. The van der Waals surface area contributed by atoms with Gasteiger partial charge in [-0.2, -0.15) is 0 Å². The van der Waals surface area contributed by atoms with Crippen molar-refractivity contribution in [1.82, 2.24) is 4.90 Å². The number of anilines is 1. The number of nitrogens with zero attached hydrogens (tertiary/aromatic N) is 2. The van der Waals surface area contributed by atoms with Crippen LogP contribution in [0.2, 0.25) is 0 Å². The number of nitrogens with one attached hydrogen (secondary N) is 1. The summed E-state index contributed by atoms with van der Waals surface area (Å²) in [4.78, 5) is 7.18. The Kier molecular flexibility index (Phi) is 6.13. The van der Waals surface area contributed by atoms with Crippen molar-refractivity contribution in [3.8, 4) is 5.75 Å². The minimum Gasteiger partial charge on any atom is -0.491 e. The number of rotatable bonds is 6. The van der Waals surface area contributed by atoms with Crippen molar-refractivity contribution in [3.63, 3.8) is 0 Å². The van der Waals surface area contributed by atoms with Gasteiger partial charge in [-0.15, -0.1) is 0 Å². The maximum absolute atomic E-state index is 9.01. The van der Waals surface area contributed by atoms with Crippen molar-refractivity contribution in [2.75, 3.05) is 44.8 Å². The number of fused-ring (bicyclic) bond motifs is 1. The number of hydrogen-bond donors (Lipinski definition) is 2. The molecule has 0 saturated carbocycles. The quantitative estimate of drug-likeness (QED) is 0.787. The van der Waals surface area contributed by atoms with Gasteiger partial charge in [0.2, 0.25) is 0 Å². The van der Waals surface area contributed by atoms with Crippen LogP contribution in [0.3, 0.4) is 0 Å². The normalized spacial score (nSPS) is 18.9. The van der Waals surface area contributed by atoms with Crippen LogP contribution in [0.1, 0.15) is 34.0 Å². The Balaban J connectivity index is 1.48. The van der Waals surface area contributed by atoms with Crippen molar-refractivity contribution in [2.45, 2.75) is 26.6 Å². The number of benzene rings is 2. The van der Waals surface area contributed by atoms with Crippen LogP contribution in [0.15, 0.2) is 35.3 Å². The number of hydrogen-bond acceptors (Lipinski definition) is 6. The Morgan fingerprint density at radius 3 is 2.66 bits per heavy atom. The van der Waals surface area contributed by atoms with Crippen molar-refractivity contribution < 1.29 is 14.6 Å². The topological polar surface area (TPSA) is 66.3 Å². The van der Waals surface area contributed by atoms with Crippen LogP contribution < -0.4 is 10.1 Å². The van der Waals surface area contributed by atoms with E-state index in [-0.39, 0.29) is 12.8 Å². The molecule has 4 rings (SSSR count). The van der Waals surface area contributed by atoms with E-state index >= 15 is 0 Å². The van der Waals surface area contributed by atoms with Crippen molar-refractivity contribution in [1.29, 1.82) is 0 Å². The van der Waals surface area contributed by atoms with Gasteiger partial charge in [0.15, 0.2) is 0 Å². The fourth-order valence-corrected chi connectivity index (χ4v) is 3.99. The summed E-state index contributed by atoms with van der Waals surface area (Å²) in [5.41, 5.74) is 6.74. The van der Waals surface area contributed by atoms with E-state index in [2.05, 4.69) is 40.5 Å². The van der Waals surface area contributed by atoms with E-state index in [1.54, 1.807) is 0 Å². The Morgan fingerprint density at radius 2 is 1.93 bits per heavy atom. The van der Waals surface area contributed by atoms with Crippen LogP contribution in [0.5, 0.6) is 5.75 Å². The van der Waals surface area contributed by atoms with Gasteiger partial charge in [0.25, 0.3) is 0 Å². The predicted octanol–water partition coefficient (Wildman–Crippen LogP) is 3.05. The molecule has 2 N–H and O–H groups in total. The summed E-state index contributed by atoms with van der Waals surface area (Å²) >= 11 is 0. The van der Waals surface area contributed by atoms with Crippen LogP contribution in [0, 0.1) is 13.8 Å². The summed E-state index contributed by atoms with van der Waals surface area (Å²) in [6.07, 6.45) is 1.86. The Hall–Kier alpha value is -2.41. The van der Waals surface area contributed by atoms with Gasteiger partial charge in [-0.1, -0.05) is 6.07 Å². The van der Waals surface area contributed by atoms with Crippen LogP contribution in [-0.4, -0.2) is 55.7 Å². The van der Waals surface area contributed by atoms with Gasteiger partial charge in [-0.05, 0) is 60.4 Å². The van der Waals surface area contributed by atoms with E-state index < -0.39 is 0 Å². The lowest BCUT2D eigenvalue weighted by Gasteiger charge is -2.27. The number of morpholine rings is 1. The van der Waals surface area contributed by atoms with E-state index in [0.29, 0.717) is 6.61 Å². The molecule has 1 saturated heterocycles. The van der Waals surface area contributed by atoms with E-state index in [1.165, 1.54) is 5.56 Å². The zero-order valence-corrected chi connectivity index (χ0v) is 17.1. The van der Waals surface area contributed by atoms with Gasteiger partial charge in [0, 0.05) is 37.1 Å². The number of aliphatic hydroxyl groups is 1. The Morgan fingerprint density at radius 1 is 1.17 bits per heavy atom. The maximum Gasteiger partial charge on any atom is 0.144 e. The molecule has 2 aliphatic heterocycles. The number of aliphatic hydroxyl groups excluding tert-OH is 1. The van der Waals surface area contributed by atoms with Gasteiger partial charge < -0.3 is 19.9 Å². The summed E-state index contributed by atoms with van der Waals surface area (Å²) < 4.78 is 11.1. The van der Waals surface area contributed by atoms with Gasteiger partial charge in [-0.25, -0.2) is 0 Å². The van der Waals surface area contributed by atoms with Crippen LogP contribution >= 0.6 is 0 Å². The molecule has 6 nitrogen and oxygen atoms in total. The second kappa shape index (κ2) is 8.95. The highest BCUT2D eigenvalue weighted by Gasteiger charge is 2.19. The average molecular weight is 396 g/mol. The zero-order valence-electron chi connectivity index (χ0n) is 17.1. The molecule has 154 valence electrons. The SMILES string of the molecule is Cc1cc(C2N=Cc3cc(CN4CCOCC4)ccc3N2)cc(C)c1OCCO. The molecule has 1 unspecified atom stereocenters. The van der Waals surface area contributed by atoms with Crippen molar-refractivity contribution in [2.24, 2.45) is 4.99 Å². The summed E-state index contributed by atoms with van der Waals surface area (Å²) in [5, 5.41) is 12.6. The lowest BCUT2D eigenvalue weighted by Crippen LogP contribution is -2.35. The third kappa shape index (κ3) is 4.61. The van der Waals surface area contributed by atoms with E-state index in [4.69, 9.17) is 19.6 Å². The fraction of sp³-hybridized carbons (Fsp3) is 0.435. The Labute approximate surface area is 172 Å². The molecule has 0 aliphatic carbocycles. The molecule has 2 heterocycles. The van der Waals surface area contributed by atoms with E-state index in [1.807, 2.05) is 20.1 Å². The van der Waals surface area contributed by atoms with Gasteiger partial charge in [0.05, 0.1) is 19.8 Å². The predicted molar refractivity (Wildman–Crippen MR) is 115 cm³/mol. The summed E-state index contributed by atoms with van der Waals surface area (Å²) in [7, 11) is 0. The van der Waals surface area contributed by atoms with Crippen LogP contribution in [0.4, 0.5) is 5.69 Å². The lowest BCUT2D eigenvalue weighted by molar-refractivity contribution is 0.0342. The minimum atomic E-state index is -0.114. The maximum atomic E-state index is 9.01. The third-order valence-electron chi connectivity index (χ3n) is 5.42. The second-order valence-corrected chi connectivity index (χ2v) is 7.69. The highest BCUT2D eigenvalue weighted by atomic mass is 16.5. The molecule has 0 spiro atoms. The van der Waals surface area contributed by atoms with Crippen LogP contribution in [-0.2, 0) is 11.3 Å². The summed E-state index contributed by atoms with van der Waals surface area (Å²) in [6, 6.07) is 10.8. The molecule has 6 heteroatoms. The van der Waals surface area contributed by atoms with Gasteiger partial charge >= 0.3 is 0 Å². The molecule has 2 aliphatic rings. The van der Waals surface area contributed by atoms with Crippen molar-refractivity contribution >= 4 is 11.9 Å². The fourth-order valence-electron chi connectivity index (χ4n) is 3.99. The summed E-state index contributed by atoms with van der Waals surface area (Å²) in [6.45, 7) is 8.94. The first-order chi connectivity index (χ1) is 14.1. The standard InChI is InChI=1S/C23H29N3O3/c1-16-11-19(12-17(2)22(16)29-10-7-27)23-24-14-20-13-18(3-4-21(20)25-23)15-26-5-8-28-9-6-26/h3-4,11-14,23,25,27H,5-10,15H2,1-2H3. The molecular weight excluding hydrogens is 366 g/mol. The first kappa shape index (κ1) is 19.9. The largest absolute Gasteiger partial charge is 0.491 e. The molecule has 2 aromatic rings. The third-order valence-corrected chi connectivity index (χ3v) is 5.42. The monoisotopic (exact) mass is 395 g/mol. The molecule has 0 amide bonds. The van der Waals surface area contributed by atoms with E-state index in [9.17, 15) is 0 Å². The first-order valence-corrected chi connectivity index (χ1v) is 10.2. The molecule has 0 aromatic heterocycles. The highest BCUT2D eigenvalue weighted by molar-refractivity contribution is 5.90. The lowest BCUT2D eigenvalue weighted by atomic mass is 10.0. The molecule has 29 heavy (non-hydrogen) atoms. The number of ether oxygens (including phenoxy) is 2. The smallest absolute Gasteiger partial charge is 0.144 e. The average Bonchev–Trinajstić information content (AvgIpc) is 2.73. The van der Waals surface area contributed by atoms with E-state index in [0.717, 1.165) is 66.5 Å². The molecule has 1 fully saturated rings. The molecule has 2 aromatic carbocycles. The molecule has 1 atom stereocenters.